The van der Waals surface area contributed by atoms with Crippen LogP contribution in [0, 0.1) is 5.92 Å². The first-order valence-corrected chi connectivity index (χ1v) is 11.1. The van der Waals surface area contributed by atoms with Crippen molar-refractivity contribution < 1.29 is 24.2 Å². The molecule has 0 aliphatic rings. The number of rotatable bonds is 9. The van der Waals surface area contributed by atoms with E-state index in [4.69, 9.17) is 4.74 Å². The van der Waals surface area contributed by atoms with Crippen molar-refractivity contribution >= 4 is 18.0 Å². The lowest BCUT2D eigenvalue weighted by molar-refractivity contribution is -0.142. The lowest BCUT2D eigenvalue weighted by Crippen LogP contribution is -2.54. The van der Waals surface area contributed by atoms with Gasteiger partial charge in [0.1, 0.15) is 18.7 Å². The molecule has 2 rings (SSSR count). The fraction of sp³-hybridized carbons (Fsp3) is 0.423. The number of carbonyl (C=O) groups excluding carboxylic acids is 2. The summed E-state index contributed by atoms with van der Waals surface area (Å²) in [5.41, 5.74) is 2.75. The maximum Gasteiger partial charge on any atom is 0.408 e. The molecule has 7 nitrogen and oxygen atoms in total. The first-order valence-electron chi connectivity index (χ1n) is 11.1. The number of hydrogen-bond acceptors (Lipinski definition) is 4. The molecule has 7 heteroatoms. The third kappa shape index (κ3) is 8.25. The molecule has 0 saturated heterocycles. The second kappa shape index (κ2) is 11.5. The minimum atomic E-state index is -1.14. The van der Waals surface area contributed by atoms with Crippen LogP contribution in [0.4, 0.5) is 4.79 Å². The molecule has 0 aliphatic carbocycles. The average Bonchev–Trinajstić information content (AvgIpc) is 2.75. The third-order valence-electron chi connectivity index (χ3n) is 5.31. The fourth-order valence-electron chi connectivity index (χ4n) is 3.26. The summed E-state index contributed by atoms with van der Waals surface area (Å²) in [5.74, 6) is -1.98. The van der Waals surface area contributed by atoms with Crippen LogP contribution < -0.4 is 10.6 Å². The number of aliphatic carboxylic acids is 1. The van der Waals surface area contributed by atoms with Gasteiger partial charge in [0.15, 0.2) is 0 Å². The van der Waals surface area contributed by atoms with E-state index in [1.54, 1.807) is 13.8 Å². The zero-order chi connectivity index (χ0) is 24.6. The Balaban J connectivity index is 2.00. The van der Waals surface area contributed by atoms with Crippen LogP contribution in [0.5, 0.6) is 0 Å². The molecule has 0 fully saturated rings. The van der Waals surface area contributed by atoms with Crippen molar-refractivity contribution in [1.29, 1.82) is 0 Å². The van der Waals surface area contributed by atoms with Crippen molar-refractivity contribution in [2.75, 3.05) is 0 Å². The van der Waals surface area contributed by atoms with Crippen LogP contribution in [0.2, 0.25) is 0 Å². The Labute approximate surface area is 195 Å². The molecular weight excluding hydrogens is 420 g/mol. The van der Waals surface area contributed by atoms with E-state index in [-0.39, 0.29) is 24.4 Å². The lowest BCUT2D eigenvalue weighted by atomic mass is 9.86. The zero-order valence-corrected chi connectivity index (χ0v) is 19.9. The highest BCUT2D eigenvalue weighted by Crippen LogP contribution is 2.22. The minimum absolute atomic E-state index is 0.00970. The predicted molar refractivity (Wildman–Crippen MR) is 127 cm³/mol. The molecule has 2 aromatic carbocycles. The standard InChI is InChI=1S/C26H34N2O5/c1-17(2)22(28-25(32)33-16-19-9-7-6-8-10-19)23(29)27-21(24(30)31)15-18-11-13-20(14-12-18)26(3,4)5/h6-14,17,21-22H,15-16H2,1-5H3,(H,27,29)(H,28,32)(H,30,31)/t21-,22+/m0/s1. The molecule has 178 valence electrons. The van der Waals surface area contributed by atoms with Gasteiger partial charge in [0.2, 0.25) is 5.91 Å². The lowest BCUT2D eigenvalue weighted by Gasteiger charge is -2.24. The summed E-state index contributed by atoms with van der Waals surface area (Å²) in [5, 5.41) is 14.8. The summed E-state index contributed by atoms with van der Waals surface area (Å²) in [6.07, 6.45) is -0.605. The summed E-state index contributed by atoms with van der Waals surface area (Å²) >= 11 is 0. The Bertz CT molecular complexity index is 933. The Morgan fingerprint density at radius 3 is 2.03 bits per heavy atom. The van der Waals surface area contributed by atoms with Crippen molar-refractivity contribution in [2.24, 2.45) is 5.92 Å². The molecule has 0 aliphatic heterocycles. The first-order chi connectivity index (χ1) is 15.5. The highest BCUT2D eigenvalue weighted by atomic mass is 16.5. The van der Waals surface area contributed by atoms with Gasteiger partial charge in [0, 0.05) is 6.42 Å². The van der Waals surface area contributed by atoms with E-state index in [1.165, 1.54) is 0 Å². The van der Waals surface area contributed by atoms with Crippen LogP contribution in [0.15, 0.2) is 54.6 Å². The van der Waals surface area contributed by atoms with Crippen molar-refractivity contribution in [1.82, 2.24) is 10.6 Å². The zero-order valence-electron chi connectivity index (χ0n) is 19.9. The summed E-state index contributed by atoms with van der Waals surface area (Å²) in [6.45, 7) is 9.91. The molecule has 2 atom stereocenters. The van der Waals surface area contributed by atoms with Gasteiger partial charge in [-0.25, -0.2) is 9.59 Å². The highest BCUT2D eigenvalue weighted by Gasteiger charge is 2.29. The molecular formula is C26H34N2O5. The average molecular weight is 455 g/mol. The fourth-order valence-corrected chi connectivity index (χ4v) is 3.26. The molecule has 0 heterocycles. The number of carbonyl (C=O) groups is 3. The molecule has 2 aromatic rings. The van der Waals surface area contributed by atoms with Crippen molar-refractivity contribution in [3.8, 4) is 0 Å². The van der Waals surface area contributed by atoms with E-state index in [9.17, 15) is 19.5 Å². The maximum atomic E-state index is 12.8. The van der Waals surface area contributed by atoms with Crippen molar-refractivity contribution in [3.05, 3.63) is 71.3 Å². The Morgan fingerprint density at radius 2 is 1.52 bits per heavy atom. The van der Waals surface area contributed by atoms with E-state index in [1.807, 2.05) is 54.6 Å². The number of alkyl carbamates (subject to hydrolysis) is 1. The number of benzene rings is 2. The van der Waals surface area contributed by atoms with Crippen LogP contribution in [-0.4, -0.2) is 35.2 Å². The van der Waals surface area contributed by atoms with Gasteiger partial charge < -0.3 is 20.5 Å². The van der Waals surface area contributed by atoms with Gasteiger partial charge in [0.25, 0.3) is 0 Å². The van der Waals surface area contributed by atoms with E-state index in [0.717, 1.165) is 16.7 Å². The Morgan fingerprint density at radius 1 is 0.909 bits per heavy atom. The molecule has 0 unspecified atom stereocenters. The van der Waals surface area contributed by atoms with Crippen LogP contribution in [0.1, 0.15) is 51.3 Å². The Kier molecular flexibility index (Phi) is 9.02. The second-order valence-electron chi connectivity index (χ2n) is 9.48. The summed E-state index contributed by atoms with van der Waals surface area (Å²) in [7, 11) is 0. The third-order valence-corrected chi connectivity index (χ3v) is 5.31. The van der Waals surface area contributed by atoms with E-state index >= 15 is 0 Å². The van der Waals surface area contributed by atoms with E-state index in [0.29, 0.717) is 0 Å². The molecule has 0 bridgehead atoms. The molecule has 2 amide bonds. The molecule has 0 radical (unpaired) electrons. The van der Waals surface area contributed by atoms with Crippen molar-refractivity contribution in [3.63, 3.8) is 0 Å². The van der Waals surface area contributed by atoms with Crippen LogP contribution in [-0.2, 0) is 32.8 Å². The van der Waals surface area contributed by atoms with Gasteiger partial charge >= 0.3 is 12.1 Å². The van der Waals surface area contributed by atoms with Gasteiger partial charge in [-0.3, -0.25) is 4.79 Å². The topological polar surface area (TPSA) is 105 Å². The van der Waals surface area contributed by atoms with Gasteiger partial charge in [0.05, 0.1) is 0 Å². The number of amides is 2. The summed E-state index contributed by atoms with van der Waals surface area (Å²) in [4.78, 5) is 36.9. The van der Waals surface area contributed by atoms with E-state index < -0.39 is 30.1 Å². The van der Waals surface area contributed by atoms with Crippen LogP contribution in [0.25, 0.3) is 0 Å². The van der Waals surface area contributed by atoms with Gasteiger partial charge in [-0.15, -0.1) is 0 Å². The summed E-state index contributed by atoms with van der Waals surface area (Å²) < 4.78 is 5.20. The predicted octanol–water partition coefficient (Wildman–Crippen LogP) is 4.05. The number of ether oxygens (including phenoxy) is 1. The SMILES string of the molecule is CC(C)[C@@H](NC(=O)OCc1ccccc1)C(=O)N[C@@H](Cc1ccc(C(C)(C)C)cc1)C(=O)O. The quantitative estimate of drug-likeness (QED) is 0.530. The smallest absolute Gasteiger partial charge is 0.408 e. The summed E-state index contributed by atoms with van der Waals surface area (Å²) in [6, 6.07) is 14.8. The highest BCUT2D eigenvalue weighted by molar-refractivity contribution is 5.89. The number of carboxylic acids is 1. The number of carboxylic acid groups (broad SMARTS) is 1. The van der Waals surface area contributed by atoms with Crippen molar-refractivity contribution in [2.45, 2.75) is 65.1 Å². The normalized spacial score (nSPS) is 13.2. The molecule has 0 aromatic heterocycles. The largest absolute Gasteiger partial charge is 0.480 e. The Hall–Kier alpha value is -3.35. The van der Waals surface area contributed by atoms with E-state index in [2.05, 4.69) is 31.4 Å². The maximum absolute atomic E-state index is 12.8. The number of nitrogens with one attached hydrogen (secondary N) is 2. The molecule has 3 N–H and O–H groups in total. The first kappa shape index (κ1) is 25.9. The molecule has 0 spiro atoms. The monoisotopic (exact) mass is 454 g/mol. The second-order valence-corrected chi connectivity index (χ2v) is 9.48. The number of hydrogen-bond donors (Lipinski definition) is 3. The van der Waals surface area contributed by atoms with Crippen LogP contribution >= 0.6 is 0 Å². The van der Waals surface area contributed by atoms with Crippen LogP contribution in [0.3, 0.4) is 0 Å². The van der Waals surface area contributed by atoms with Gasteiger partial charge in [-0.05, 0) is 28.0 Å². The minimum Gasteiger partial charge on any atom is -0.480 e. The molecule has 33 heavy (non-hydrogen) atoms. The molecule has 0 saturated carbocycles. The van der Waals surface area contributed by atoms with Gasteiger partial charge in [-0.1, -0.05) is 89.2 Å². The van der Waals surface area contributed by atoms with Gasteiger partial charge in [-0.2, -0.15) is 0 Å².